The quantitative estimate of drug-likeness (QED) is 0.763. The van der Waals surface area contributed by atoms with E-state index in [1.807, 2.05) is 6.92 Å². The highest BCUT2D eigenvalue weighted by Gasteiger charge is 2.24. The molecule has 0 fully saturated rings. The molecule has 0 amide bonds. The molecule has 0 spiro atoms. The molecule has 6 nitrogen and oxygen atoms in total. The summed E-state index contributed by atoms with van der Waals surface area (Å²) in [6.07, 6.45) is 0.713. The van der Waals surface area contributed by atoms with Crippen molar-refractivity contribution in [2.24, 2.45) is 5.73 Å². The first kappa shape index (κ1) is 13.3. The highest BCUT2D eigenvalue weighted by atomic mass is 32.2. The van der Waals surface area contributed by atoms with Crippen LogP contribution < -0.4 is 10.5 Å². The van der Waals surface area contributed by atoms with Gasteiger partial charge in [-0.1, -0.05) is 30.5 Å². The average molecular weight is 280 g/mol. The lowest BCUT2D eigenvalue weighted by Gasteiger charge is -2.10. The van der Waals surface area contributed by atoms with Crippen LogP contribution >= 0.6 is 23.6 Å². The van der Waals surface area contributed by atoms with E-state index in [9.17, 15) is 8.42 Å². The molecule has 0 aliphatic rings. The fourth-order valence-electron chi connectivity index (χ4n) is 0.801. The van der Waals surface area contributed by atoms with Gasteiger partial charge in [-0.2, -0.15) is 0 Å². The van der Waals surface area contributed by atoms with Crippen LogP contribution in [0.1, 0.15) is 18.9 Å². The van der Waals surface area contributed by atoms with Gasteiger partial charge in [0.05, 0.1) is 4.99 Å². The molecule has 0 radical (unpaired) electrons. The van der Waals surface area contributed by atoms with Crippen LogP contribution in [-0.4, -0.2) is 28.9 Å². The van der Waals surface area contributed by atoms with Crippen molar-refractivity contribution in [1.82, 2.24) is 10.2 Å². The summed E-state index contributed by atoms with van der Waals surface area (Å²) in [6, 6.07) is 0. The van der Waals surface area contributed by atoms with Gasteiger partial charge in [0, 0.05) is 0 Å². The maximum Gasteiger partial charge on any atom is 0.243 e. The first-order valence-electron chi connectivity index (χ1n) is 4.50. The van der Waals surface area contributed by atoms with Crippen LogP contribution in [0, 0.1) is 0 Å². The molecular formula is C7H12N4O2S3. The van der Waals surface area contributed by atoms with Crippen LogP contribution in [0.3, 0.4) is 0 Å². The number of anilines is 1. The lowest BCUT2D eigenvalue weighted by Crippen LogP contribution is -2.35. The van der Waals surface area contributed by atoms with Crippen LogP contribution in [0.4, 0.5) is 5.13 Å². The van der Waals surface area contributed by atoms with Crippen LogP contribution in [-0.2, 0) is 16.4 Å². The van der Waals surface area contributed by atoms with Crippen LogP contribution in [0.15, 0.2) is 0 Å². The van der Waals surface area contributed by atoms with Gasteiger partial charge in [-0.25, -0.2) is 8.42 Å². The number of nitrogens with one attached hydrogen (secondary N) is 1. The van der Waals surface area contributed by atoms with E-state index in [1.165, 1.54) is 18.3 Å². The predicted molar refractivity (Wildman–Crippen MR) is 68.1 cm³/mol. The fraction of sp³-hybridized carbons (Fsp3) is 0.571. The molecule has 3 N–H and O–H groups in total. The van der Waals surface area contributed by atoms with Crippen molar-refractivity contribution in [3.05, 3.63) is 5.01 Å². The summed E-state index contributed by atoms with van der Waals surface area (Å²) in [6.45, 7) is 3.34. The van der Waals surface area contributed by atoms with Crippen molar-refractivity contribution in [3.8, 4) is 0 Å². The lowest BCUT2D eigenvalue weighted by atomic mass is 10.5. The molecule has 1 heterocycles. The zero-order chi connectivity index (χ0) is 12.3. The van der Waals surface area contributed by atoms with Crippen molar-refractivity contribution in [1.29, 1.82) is 0 Å². The van der Waals surface area contributed by atoms with Gasteiger partial charge in [-0.3, -0.25) is 4.72 Å². The number of nitrogens with zero attached hydrogens (tertiary/aromatic N) is 2. The number of rotatable bonds is 5. The molecule has 90 valence electrons. The number of sulfonamides is 1. The fourth-order valence-corrected chi connectivity index (χ4v) is 2.99. The van der Waals surface area contributed by atoms with E-state index in [1.54, 1.807) is 0 Å². The summed E-state index contributed by atoms with van der Waals surface area (Å²) >= 11 is 5.83. The van der Waals surface area contributed by atoms with E-state index in [4.69, 9.17) is 5.73 Å². The number of hydrogen-bond donors (Lipinski definition) is 2. The van der Waals surface area contributed by atoms with E-state index in [-0.39, 0.29) is 10.1 Å². The highest BCUT2D eigenvalue weighted by molar-refractivity contribution is 7.95. The summed E-state index contributed by atoms with van der Waals surface area (Å²) in [4.78, 5) is -0.0762. The summed E-state index contributed by atoms with van der Waals surface area (Å²) < 4.78 is 25.7. The SMILES string of the molecule is CCc1nnc(NS(=O)(=O)C(C)C(N)=S)s1. The van der Waals surface area contributed by atoms with Crippen molar-refractivity contribution in [2.75, 3.05) is 4.72 Å². The monoisotopic (exact) mass is 280 g/mol. The summed E-state index contributed by atoms with van der Waals surface area (Å²) in [7, 11) is -3.62. The summed E-state index contributed by atoms with van der Waals surface area (Å²) in [5.41, 5.74) is 5.29. The highest BCUT2D eigenvalue weighted by Crippen LogP contribution is 2.18. The van der Waals surface area contributed by atoms with Crippen molar-refractivity contribution in [2.45, 2.75) is 25.5 Å². The number of aromatic nitrogens is 2. The molecule has 1 atom stereocenters. The first-order valence-corrected chi connectivity index (χ1v) is 7.27. The van der Waals surface area contributed by atoms with Gasteiger partial charge in [0.15, 0.2) is 0 Å². The Balaban J connectivity index is 2.84. The second kappa shape index (κ2) is 5.02. The molecule has 16 heavy (non-hydrogen) atoms. The molecule has 1 aromatic rings. The largest absolute Gasteiger partial charge is 0.392 e. The Morgan fingerprint density at radius 2 is 2.25 bits per heavy atom. The Bertz CT molecular complexity index is 482. The van der Waals surface area contributed by atoms with E-state index >= 15 is 0 Å². The molecule has 1 aromatic heterocycles. The third-order valence-corrected chi connectivity index (χ3v) is 5.14. The Kier molecular flexibility index (Phi) is 4.16. The maximum absolute atomic E-state index is 11.7. The van der Waals surface area contributed by atoms with Gasteiger partial charge in [-0.15, -0.1) is 10.2 Å². The zero-order valence-electron chi connectivity index (χ0n) is 8.80. The van der Waals surface area contributed by atoms with E-state index in [0.29, 0.717) is 6.42 Å². The second-order valence-electron chi connectivity index (χ2n) is 3.05. The third-order valence-electron chi connectivity index (χ3n) is 1.86. The molecular weight excluding hydrogens is 268 g/mol. The Hall–Kier alpha value is -0.800. The normalized spacial score (nSPS) is 13.4. The Labute approximate surface area is 103 Å². The standard InChI is InChI=1S/C7H12N4O2S3/c1-3-5-9-10-7(15-5)11-16(12,13)4(2)6(8)14/h4H,3H2,1-2H3,(H2,8,14)(H,10,11). The van der Waals surface area contributed by atoms with Crippen LogP contribution in [0.25, 0.3) is 0 Å². The minimum Gasteiger partial charge on any atom is -0.392 e. The van der Waals surface area contributed by atoms with Gasteiger partial charge >= 0.3 is 0 Å². The molecule has 0 saturated heterocycles. The number of nitrogens with two attached hydrogens (primary N) is 1. The van der Waals surface area contributed by atoms with E-state index in [0.717, 1.165) is 5.01 Å². The van der Waals surface area contributed by atoms with Gasteiger partial charge in [0.25, 0.3) is 0 Å². The number of aryl methyl sites for hydroxylation is 1. The number of hydrogen-bond acceptors (Lipinski definition) is 6. The summed E-state index contributed by atoms with van der Waals surface area (Å²) in [5, 5.41) is 7.58. The third kappa shape index (κ3) is 3.09. The Morgan fingerprint density at radius 3 is 2.69 bits per heavy atom. The van der Waals surface area contributed by atoms with E-state index < -0.39 is 15.3 Å². The summed E-state index contributed by atoms with van der Waals surface area (Å²) in [5.74, 6) is 0. The molecule has 0 aliphatic carbocycles. The minimum atomic E-state index is -3.62. The number of thiocarbonyl (C=S) groups is 1. The van der Waals surface area contributed by atoms with Crippen LogP contribution in [0.5, 0.6) is 0 Å². The smallest absolute Gasteiger partial charge is 0.243 e. The van der Waals surface area contributed by atoms with E-state index in [2.05, 4.69) is 27.1 Å². The van der Waals surface area contributed by atoms with Gasteiger partial charge in [0.2, 0.25) is 15.2 Å². The molecule has 0 saturated carbocycles. The molecule has 0 bridgehead atoms. The zero-order valence-corrected chi connectivity index (χ0v) is 11.2. The Morgan fingerprint density at radius 1 is 1.62 bits per heavy atom. The van der Waals surface area contributed by atoms with Gasteiger partial charge in [-0.05, 0) is 13.3 Å². The van der Waals surface area contributed by atoms with Crippen molar-refractivity contribution < 1.29 is 8.42 Å². The molecule has 9 heteroatoms. The first-order chi connectivity index (χ1) is 7.36. The van der Waals surface area contributed by atoms with Crippen molar-refractivity contribution in [3.63, 3.8) is 0 Å². The van der Waals surface area contributed by atoms with Crippen LogP contribution in [0.2, 0.25) is 0 Å². The van der Waals surface area contributed by atoms with Gasteiger partial charge < -0.3 is 5.73 Å². The lowest BCUT2D eigenvalue weighted by molar-refractivity contribution is 0.598. The molecule has 1 rings (SSSR count). The van der Waals surface area contributed by atoms with Crippen molar-refractivity contribution >= 4 is 43.7 Å². The average Bonchev–Trinajstić information content (AvgIpc) is 2.63. The molecule has 0 aliphatic heterocycles. The topological polar surface area (TPSA) is 98.0 Å². The van der Waals surface area contributed by atoms with Gasteiger partial charge in [0.1, 0.15) is 10.3 Å². The minimum absolute atomic E-state index is 0.0762. The maximum atomic E-state index is 11.7. The second-order valence-corrected chi connectivity index (χ2v) is 6.58. The molecule has 0 aromatic carbocycles. The molecule has 1 unspecified atom stereocenters. The predicted octanol–water partition coefficient (Wildman–Crippen LogP) is 0.517.